The van der Waals surface area contributed by atoms with E-state index in [-0.39, 0.29) is 5.91 Å². The highest BCUT2D eigenvalue weighted by Crippen LogP contribution is 2.43. The Morgan fingerprint density at radius 3 is 2.80 bits per heavy atom. The van der Waals surface area contributed by atoms with Gasteiger partial charge in [0.2, 0.25) is 5.91 Å². The first-order chi connectivity index (χ1) is 14.5. The number of nitrogens with zero attached hydrogens (tertiary/aromatic N) is 3. The van der Waals surface area contributed by atoms with E-state index >= 15 is 0 Å². The van der Waals surface area contributed by atoms with Crippen LogP contribution in [0.4, 0.5) is 22.0 Å². The monoisotopic (exact) mass is 428 g/mol. The molecule has 0 aliphatic carbocycles. The van der Waals surface area contributed by atoms with Gasteiger partial charge in [0.1, 0.15) is 5.82 Å². The number of carbonyl (C=O) groups is 2. The Labute approximate surface area is 181 Å². The summed E-state index contributed by atoms with van der Waals surface area (Å²) in [5.41, 5.74) is 0.942. The molecule has 1 N–H and O–H groups in total. The number of benzene rings is 1. The zero-order valence-corrected chi connectivity index (χ0v) is 17.7. The summed E-state index contributed by atoms with van der Waals surface area (Å²) in [4.78, 5) is 33.4. The van der Waals surface area contributed by atoms with Gasteiger partial charge in [0.25, 0.3) is 0 Å². The van der Waals surface area contributed by atoms with Crippen LogP contribution >= 0.6 is 11.6 Å². The van der Waals surface area contributed by atoms with Gasteiger partial charge in [-0.05, 0) is 50.5 Å². The minimum absolute atomic E-state index is 0.140. The Morgan fingerprint density at radius 2 is 2.07 bits per heavy atom. The highest BCUT2D eigenvalue weighted by Gasteiger charge is 2.49. The molecule has 2 aliphatic rings. The van der Waals surface area contributed by atoms with Crippen molar-refractivity contribution in [3.63, 3.8) is 0 Å². The number of nitrogens with one attached hydrogen (secondary N) is 1. The van der Waals surface area contributed by atoms with E-state index in [1.165, 1.54) is 0 Å². The van der Waals surface area contributed by atoms with Gasteiger partial charge < -0.3 is 14.5 Å². The van der Waals surface area contributed by atoms with Crippen molar-refractivity contribution in [2.45, 2.75) is 26.2 Å². The largest absolute Gasteiger partial charge is 0.450 e. The molecule has 30 heavy (non-hydrogen) atoms. The molecular weight excluding hydrogens is 404 g/mol. The molecule has 158 valence electrons. The van der Waals surface area contributed by atoms with Gasteiger partial charge in [0, 0.05) is 19.6 Å². The van der Waals surface area contributed by atoms with E-state index in [1.54, 1.807) is 19.2 Å². The summed E-state index contributed by atoms with van der Waals surface area (Å²) in [7, 11) is 0. The quantitative estimate of drug-likeness (QED) is 0.784. The third kappa shape index (κ3) is 3.94. The van der Waals surface area contributed by atoms with Crippen LogP contribution in [0.2, 0.25) is 5.02 Å². The summed E-state index contributed by atoms with van der Waals surface area (Å²) in [6, 6.07) is 11.2. The number of piperidine rings is 1. The Hall–Kier alpha value is -2.80. The fourth-order valence-corrected chi connectivity index (χ4v) is 4.60. The van der Waals surface area contributed by atoms with Crippen molar-refractivity contribution >= 4 is 40.8 Å². The highest BCUT2D eigenvalue weighted by atomic mass is 35.5. The molecule has 1 aromatic heterocycles. The Balaban J connectivity index is 1.48. The normalized spacial score (nSPS) is 21.2. The van der Waals surface area contributed by atoms with Crippen LogP contribution in [0.1, 0.15) is 26.2 Å². The first-order valence-corrected chi connectivity index (χ1v) is 10.6. The van der Waals surface area contributed by atoms with Crippen LogP contribution in [0.3, 0.4) is 0 Å². The number of hydrogen-bond donors (Lipinski definition) is 1. The number of ether oxygens (including phenoxy) is 1. The number of rotatable bonds is 4. The maximum Gasteiger partial charge on any atom is 0.411 e. The summed E-state index contributed by atoms with van der Waals surface area (Å²) in [6.45, 7) is 4.21. The van der Waals surface area contributed by atoms with Gasteiger partial charge in [-0.2, -0.15) is 0 Å². The second kappa shape index (κ2) is 8.52. The summed E-state index contributed by atoms with van der Waals surface area (Å²) < 4.78 is 4.88. The van der Waals surface area contributed by atoms with E-state index in [9.17, 15) is 9.59 Å². The van der Waals surface area contributed by atoms with Gasteiger partial charge in [-0.1, -0.05) is 23.7 Å². The number of amides is 2. The Kier molecular flexibility index (Phi) is 5.81. The molecule has 1 spiro atoms. The fourth-order valence-electron chi connectivity index (χ4n) is 4.36. The lowest BCUT2D eigenvalue weighted by Gasteiger charge is -2.39. The number of hydrogen-bond acceptors (Lipinski definition) is 5. The van der Waals surface area contributed by atoms with Gasteiger partial charge in [-0.15, -0.1) is 0 Å². The fraction of sp³-hybridized carbons (Fsp3) is 0.409. The maximum absolute atomic E-state index is 13.4. The van der Waals surface area contributed by atoms with Crippen molar-refractivity contribution < 1.29 is 14.3 Å². The van der Waals surface area contributed by atoms with Crippen LogP contribution in [0.5, 0.6) is 0 Å². The Morgan fingerprint density at radius 1 is 1.23 bits per heavy atom. The van der Waals surface area contributed by atoms with E-state index in [0.29, 0.717) is 30.4 Å². The lowest BCUT2D eigenvalue weighted by Crippen LogP contribution is -2.48. The number of anilines is 3. The molecule has 2 aliphatic heterocycles. The van der Waals surface area contributed by atoms with Crippen LogP contribution < -0.4 is 15.1 Å². The van der Waals surface area contributed by atoms with Crippen LogP contribution in [-0.4, -0.2) is 43.2 Å². The third-order valence-electron chi connectivity index (χ3n) is 5.83. The molecule has 1 atom stereocenters. The molecule has 2 saturated heterocycles. The van der Waals surface area contributed by atoms with Gasteiger partial charge in [0.15, 0.2) is 0 Å². The molecule has 8 heteroatoms. The number of aromatic nitrogens is 1. The molecule has 1 unspecified atom stereocenters. The summed E-state index contributed by atoms with van der Waals surface area (Å²) in [5, 5.41) is 3.24. The average molecular weight is 429 g/mol. The van der Waals surface area contributed by atoms with Crippen LogP contribution in [-0.2, 0) is 9.53 Å². The van der Waals surface area contributed by atoms with Crippen LogP contribution in [0, 0.1) is 5.41 Å². The average Bonchev–Trinajstić information content (AvgIpc) is 3.04. The smallest absolute Gasteiger partial charge is 0.411 e. The topological polar surface area (TPSA) is 74.8 Å². The van der Waals surface area contributed by atoms with Crippen molar-refractivity contribution in [2.75, 3.05) is 41.4 Å². The van der Waals surface area contributed by atoms with Gasteiger partial charge in [-0.25, -0.2) is 9.78 Å². The number of pyridine rings is 1. The zero-order chi connectivity index (χ0) is 21.1. The molecule has 2 aromatic rings. The minimum atomic E-state index is -0.500. The molecule has 0 saturated carbocycles. The zero-order valence-electron chi connectivity index (χ0n) is 16.9. The van der Waals surface area contributed by atoms with Crippen LogP contribution in [0.25, 0.3) is 0 Å². The standard InChI is InChI=1S/C22H25ClN4O3/c1-2-30-21(29)25-16-8-9-19(24-14-16)26-12-5-10-22(15-26)11-13-27(20(22)28)18-7-4-3-6-17(18)23/h3-4,6-9,14H,2,5,10-13,15H2,1H3,(H,25,29). The predicted octanol–water partition coefficient (Wildman–Crippen LogP) is 4.33. The summed E-state index contributed by atoms with van der Waals surface area (Å²) in [6.07, 6.45) is 3.70. The van der Waals surface area contributed by atoms with E-state index in [4.69, 9.17) is 16.3 Å². The van der Waals surface area contributed by atoms with E-state index in [2.05, 4.69) is 15.2 Å². The van der Waals surface area contributed by atoms with Gasteiger partial charge in [-0.3, -0.25) is 10.1 Å². The van der Waals surface area contributed by atoms with Crippen molar-refractivity contribution in [1.82, 2.24) is 4.98 Å². The summed E-state index contributed by atoms with van der Waals surface area (Å²) >= 11 is 6.34. The molecule has 0 bridgehead atoms. The van der Waals surface area contributed by atoms with E-state index < -0.39 is 11.5 Å². The van der Waals surface area contributed by atoms with Crippen molar-refractivity contribution in [3.8, 4) is 0 Å². The second-order valence-electron chi connectivity index (χ2n) is 7.71. The molecular formula is C22H25ClN4O3. The number of carbonyl (C=O) groups excluding carboxylic acids is 2. The minimum Gasteiger partial charge on any atom is -0.450 e. The van der Waals surface area contributed by atoms with Gasteiger partial charge >= 0.3 is 6.09 Å². The van der Waals surface area contributed by atoms with Crippen molar-refractivity contribution in [1.29, 1.82) is 0 Å². The summed E-state index contributed by atoms with van der Waals surface area (Å²) in [5.74, 6) is 0.938. The lowest BCUT2D eigenvalue weighted by molar-refractivity contribution is -0.126. The maximum atomic E-state index is 13.4. The van der Waals surface area contributed by atoms with E-state index in [0.717, 1.165) is 37.3 Å². The van der Waals surface area contributed by atoms with Crippen LogP contribution in [0.15, 0.2) is 42.6 Å². The highest BCUT2D eigenvalue weighted by molar-refractivity contribution is 6.34. The van der Waals surface area contributed by atoms with Crippen molar-refractivity contribution in [3.05, 3.63) is 47.6 Å². The third-order valence-corrected chi connectivity index (χ3v) is 6.15. The molecule has 7 nitrogen and oxygen atoms in total. The molecule has 3 heterocycles. The molecule has 2 fully saturated rings. The molecule has 0 radical (unpaired) electrons. The first kappa shape index (κ1) is 20.5. The van der Waals surface area contributed by atoms with Gasteiger partial charge in [0.05, 0.1) is 34.6 Å². The molecule has 1 aromatic carbocycles. The molecule has 4 rings (SSSR count). The van der Waals surface area contributed by atoms with E-state index in [1.807, 2.05) is 35.2 Å². The Bertz CT molecular complexity index is 936. The second-order valence-corrected chi connectivity index (χ2v) is 8.12. The van der Waals surface area contributed by atoms with Crippen molar-refractivity contribution in [2.24, 2.45) is 5.41 Å². The number of para-hydroxylation sites is 1. The molecule has 2 amide bonds. The number of halogens is 1. The SMILES string of the molecule is CCOC(=O)Nc1ccc(N2CCCC3(CCN(c4ccccc4Cl)C3=O)C2)nc1. The lowest BCUT2D eigenvalue weighted by atomic mass is 9.78. The first-order valence-electron chi connectivity index (χ1n) is 10.2. The predicted molar refractivity (Wildman–Crippen MR) is 117 cm³/mol.